The summed E-state index contributed by atoms with van der Waals surface area (Å²) >= 11 is 3.33. The quantitative estimate of drug-likeness (QED) is 0.829. The molecule has 1 aromatic heterocycles. The van der Waals surface area contributed by atoms with Gasteiger partial charge >= 0.3 is 0 Å². The van der Waals surface area contributed by atoms with Crippen molar-refractivity contribution in [1.82, 2.24) is 15.4 Å². The Morgan fingerprint density at radius 2 is 1.86 bits per heavy atom. The lowest BCUT2D eigenvalue weighted by Crippen LogP contribution is -2.30. The second-order valence-electron chi connectivity index (χ2n) is 4.40. The molecule has 110 valence electrons. The molecule has 2 aromatic rings. The summed E-state index contributed by atoms with van der Waals surface area (Å²) in [6.07, 6.45) is 0. The number of methoxy groups -OCH3 is 1. The third kappa shape index (κ3) is 3.91. The van der Waals surface area contributed by atoms with Crippen LogP contribution in [-0.4, -0.2) is 23.0 Å². The number of halogens is 1. The topological polar surface area (TPSA) is 76.1 Å². The van der Waals surface area contributed by atoms with E-state index in [1.54, 1.807) is 25.3 Å². The van der Waals surface area contributed by atoms with Crippen LogP contribution in [0.5, 0.6) is 5.75 Å². The first-order chi connectivity index (χ1) is 9.99. The van der Waals surface area contributed by atoms with Gasteiger partial charge in [-0.1, -0.05) is 0 Å². The Hall–Kier alpha value is -2.15. The molecule has 1 amide bonds. The largest absolute Gasteiger partial charge is 0.497 e. The molecule has 2 N–H and O–H groups in total. The molecule has 6 nitrogen and oxygen atoms in total. The molecule has 0 unspecified atom stereocenters. The number of benzene rings is 1. The third-order valence-electron chi connectivity index (χ3n) is 2.69. The molecule has 0 radical (unpaired) electrons. The second-order valence-corrected chi connectivity index (χ2v) is 5.25. The zero-order valence-corrected chi connectivity index (χ0v) is 13.5. The smallest absolute Gasteiger partial charge is 0.270 e. The fourth-order valence-electron chi connectivity index (χ4n) is 1.77. The summed E-state index contributed by atoms with van der Waals surface area (Å²) in [4.78, 5) is 20.5. The molecule has 1 heterocycles. The highest BCUT2D eigenvalue weighted by Crippen LogP contribution is 2.22. The molecule has 0 atom stereocenters. The average Bonchev–Trinajstić information content (AvgIpc) is 2.44. The molecule has 21 heavy (non-hydrogen) atoms. The Morgan fingerprint density at radius 3 is 2.48 bits per heavy atom. The van der Waals surface area contributed by atoms with Gasteiger partial charge in [0.2, 0.25) is 5.95 Å². The molecule has 7 heteroatoms. The first kappa shape index (κ1) is 15.2. The second kappa shape index (κ2) is 6.53. The highest BCUT2D eigenvalue weighted by atomic mass is 79.9. The van der Waals surface area contributed by atoms with E-state index in [-0.39, 0.29) is 5.91 Å². The van der Waals surface area contributed by atoms with Gasteiger partial charge in [-0.15, -0.1) is 0 Å². The van der Waals surface area contributed by atoms with Gasteiger partial charge in [0.15, 0.2) is 0 Å². The summed E-state index contributed by atoms with van der Waals surface area (Å²) in [6, 6.07) is 7.01. The normalized spacial score (nSPS) is 10.1. The number of amides is 1. The zero-order chi connectivity index (χ0) is 15.4. The van der Waals surface area contributed by atoms with Gasteiger partial charge in [-0.05, 0) is 54.0 Å². The van der Waals surface area contributed by atoms with Crippen LogP contribution in [0.3, 0.4) is 0 Å². The maximum absolute atomic E-state index is 12.2. The molecule has 1 aromatic carbocycles. The Morgan fingerprint density at radius 1 is 1.19 bits per heavy atom. The molecular weight excluding hydrogens is 336 g/mol. The predicted octanol–water partition coefficient (Wildman–Crippen LogP) is 2.62. The molecule has 0 saturated carbocycles. The van der Waals surface area contributed by atoms with Gasteiger partial charge in [-0.25, -0.2) is 9.97 Å². The summed E-state index contributed by atoms with van der Waals surface area (Å²) in [7, 11) is 1.55. The van der Waals surface area contributed by atoms with Gasteiger partial charge in [0, 0.05) is 15.9 Å². The average molecular weight is 351 g/mol. The van der Waals surface area contributed by atoms with E-state index in [4.69, 9.17) is 4.74 Å². The SMILES string of the molecule is COc1ccc(Br)c(C(=O)NNc2nc(C)cc(C)n2)c1. The molecule has 0 fully saturated rings. The van der Waals surface area contributed by atoms with Gasteiger partial charge in [-0.3, -0.25) is 15.6 Å². The van der Waals surface area contributed by atoms with Gasteiger partial charge < -0.3 is 4.74 Å². The fraction of sp³-hybridized carbons (Fsp3) is 0.214. The highest BCUT2D eigenvalue weighted by Gasteiger charge is 2.11. The molecule has 0 bridgehead atoms. The van der Waals surface area contributed by atoms with Crippen LogP contribution in [0.1, 0.15) is 21.7 Å². The number of hydrazine groups is 1. The number of carbonyl (C=O) groups excluding carboxylic acids is 1. The summed E-state index contributed by atoms with van der Waals surface area (Å²) < 4.78 is 5.78. The standard InChI is InChI=1S/C14H15BrN4O2/c1-8-6-9(2)17-14(16-8)19-18-13(20)11-7-10(21-3)4-5-12(11)15/h4-7H,1-3H3,(H,18,20)(H,16,17,19). The fourth-order valence-corrected chi connectivity index (χ4v) is 2.19. The van der Waals surface area contributed by atoms with Crippen LogP contribution >= 0.6 is 15.9 Å². The van der Waals surface area contributed by atoms with E-state index in [1.165, 1.54) is 0 Å². The predicted molar refractivity (Wildman–Crippen MR) is 83.3 cm³/mol. The van der Waals surface area contributed by atoms with Crippen LogP contribution in [0, 0.1) is 13.8 Å². The van der Waals surface area contributed by atoms with E-state index in [1.807, 2.05) is 19.9 Å². The number of aromatic nitrogens is 2. The summed E-state index contributed by atoms with van der Waals surface area (Å²) in [5.41, 5.74) is 7.36. The van der Waals surface area contributed by atoms with Crippen LogP contribution in [0.2, 0.25) is 0 Å². The van der Waals surface area contributed by atoms with E-state index in [2.05, 4.69) is 36.7 Å². The number of nitrogens with zero attached hydrogens (tertiary/aromatic N) is 2. The number of nitrogens with one attached hydrogen (secondary N) is 2. The van der Waals surface area contributed by atoms with E-state index < -0.39 is 0 Å². The van der Waals surface area contributed by atoms with Gasteiger partial charge in [0.1, 0.15) is 5.75 Å². The van der Waals surface area contributed by atoms with Crippen molar-refractivity contribution >= 4 is 27.8 Å². The minimum atomic E-state index is -0.316. The van der Waals surface area contributed by atoms with Gasteiger partial charge in [0.05, 0.1) is 12.7 Å². The van der Waals surface area contributed by atoms with E-state index in [9.17, 15) is 4.79 Å². The van der Waals surface area contributed by atoms with Gasteiger partial charge in [0.25, 0.3) is 5.91 Å². The Bertz CT molecular complexity index is 656. The summed E-state index contributed by atoms with van der Waals surface area (Å²) in [6.45, 7) is 3.72. The lowest BCUT2D eigenvalue weighted by atomic mass is 10.2. The van der Waals surface area contributed by atoms with Crippen molar-refractivity contribution in [3.63, 3.8) is 0 Å². The molecular formula is C14H15BrN4O2. The maximum atomic E-state index is 12.2. The minimum absolute atomic E-state index is 0.316. The van der Waals surface area contributed by atoms with Crippen molar-refractivity contribution in [1.29, 1.82) is 0 Å². The minimum Gasteiger partial charge on any atom is -0.497 e. The van der Waals surface area contributed by atoms with Crippen molar-refractivity contribution in [2.24, 2.45) is 0 Å². The van der Waals surface area contributed by atoms with Crippen LogP contribution in [0.15, 0.2) is 28.7 Å². The summed E-state index contributed by atoms with van der Waals surface area (Å²) in [5.74, 6) is 0.634. The van der Waals surface area contributed by atoms with Crippen LogP contribution in [0.4, 0.5) is 5.95 Å². The maximum Gasteiger partial charge on any atom is 0.270 e. The first-order valence-electron chi connectivity index (χ1n) is 6.22. The molecule has 0 aliphatic rings. The lowest BCUT2D eigenvalue weighted by molar-refractivity contribution is 0.0961. The van der Waals surface area contributed by atoms with Crippen LogP contribution in [0.25, 0.3) is 0 Å². The highest BCUT2D eigenvalue weighted by molar-refractivity contribution is 9.10. The molecule has 0 aliphatic heterocycles. The van der Waals surface area contributed by atoms with Crippen molar-refractivity contribution in [3.05, 3.63) is 45.7 Å². The number of aryl methyl sites for hydroxylation is 2. The Balaban J connectivity index is 2.11. The Labute approximate surface area is 131 Å². The molecule has 2 rings (SSSR count). The number of carbonyl (C=O) groups is 1. The molecule has 0 aliphatic carbocycles. The van der Waals surface area contributed by atoms with Crippen LogP contribution in [-0.2, 0) is 0 Å². The zero-order valence-electron chi connectivity index (χ0n) is 11.9. The number of anilines is 1. The van der Waals surface area contributed by atoms with E-state index in [0.717, 1.165) is 11.4 Å². The number of rotatable bonds is 4. The van der Waals surface area contributed by atoms with Crippen LogP contribution < -0.4 is 15.6 Å². The molecule has 0 saturated heterocycles. The number of hydrogen-bond acceptors (Lipinski definition) is 5. The number of hydrogen-bond donors (Lipinski definition) is 2. The molecule has 0 spiro atoms. The van der Waals surface area contributed by atoms with E-state index >= 15 is 0 Å². The van der Waals surface area contributed by atoms with Crippen molar-refractivity contribution in [2.45, 2.75) is 13.8 Å². The van der Waals surface area contributed by atoms with Crippen molar-refractivity contribution < 1.29 is 9.53 Å². The van der Waals surface area contributed by atoms with Gasteiger partial charge in [-0.2, -0.15) is 0 Å². The van der Waals surface area contributed by atoms with Crippen molar-refractivity contribution in [3.8, 4) is 5.75 Å². The monoisotopic (exact) mass is 350 g/mol. The summed E-state index contributed by atoms with van der Waals surface area (Å²) in [5, 5.41) is 0. The first-order valence-corrected chi connectivity index (χ1v) is 7.01. The number of ether oxygens (including phenoxy) is 1. The third-order valence-corrected chi connectivity index (χ3v) is 3.38. The lowest BCUT2D eigenvalue weighted by Gasteiger charge is -2.10. The Kier molecular flexibility index (Phi) is 4.74. The van der Waals surface area contributed by atoms with Crippen molar-refractivity contribution in [2.75, 3.05) is 12.5 Å². The van der Waals surface area contributed by atoms with E-state index in [0.29, 0.717) is 21.7 Å².